The lowest BCUT2D eigenvalue weighted by Crippen LogP contribution is -1.86. The van der Waals surface area contributed by atoms with Crippen molar-refractivity contribution in [1.82, 2.24) is 9.97 Å². The van der Waals surface area contributed by atoms with Gasteiger partial charge in [0.25, 0.3) is 0 Å². The van der Waals surface area contributed by atoms with Gasteiger partial charge in [0.05, 0.1) is 0 Å². The molecule has 0 amide bonds. The predicted molar refractivity (Wildman–Crippen MR) is 77.5 cm³/mol. The van der Waals surface area contributed by atoms with Crippen molar-refractivity contribution in [3.63, 3.8) is 0 Å². The van der Waals surface area contributed by atoms with E-state index >= 15 is 0 Å². The van der Waals surface area contributed by atoms with Crippen molar-refractivity contribution in [2.24, 2.45) is 0 Å². The molecule has 2 aromatic heterocycles. The molecule has 1 aromatic carbocycles. The molecule has 2 nitrogen and oxygen atoms in total. The molecule has 4 heteroatoms. The predicted octanol–water partition coefficient (Wildman–Crippen LogP) is 4.46. The summed E-state index contributed by atoms with van der Waals surface area (Å²) in [5, 5.41) is 4.25. The maximum atomic E-state index is 4.40. The number of rotatable bonds is 2. The maximum Gasteiger partial charge on any atom is 0.127 e. The van der Waals surface area contributed by atoms with Gasteiger partial charge in [-0.25, -0.2) is 9.97 Å². The Balaban J connectivity index is 2.06. The molecule has 0 saturated heterocycles. The highest BCUT2D eigenvalue weighted by atomic mass is 32.2. The molecule has 18 heavy (non-hydrogen) atoms. The number of benzene rings is 1. The molecule has 90 valence electrons. The van der Waals surface area contributed by atoms with E-state index in [4.69, 9.17) is 0 Å². The average Bonchev–Trinajstić information content (AvgIpc) is 2.83. The number of hydrogen-bond donors (Lipinski definition) is 0. The van der Waals surface area contributed by atoms with Gasteiger partial charge < -0.3 is 0 Å². The summed E-state index contributed by atoms with van der Waals surface area (Å²) in [6.07, 6.45) is 1.65. The smallest absolute Gasteiger partial charge is 0.127 e. The van der Waals surface area contributed by atoms with Crippen LogP contribution in [0.4, 0.5) is 0 Å². The lowest BCUT2D eigenvalue weighted by Gasteiger charge is -2.06. The third-order valence-electron chi connectivity index (χ3n) is 2.78. The Kier molecular flexibility index (Phi) is 3.06. The van der Waals surface area contributed by atoms with Crippen molar-refractivity contribution < 1.29 is 0 Å². The summed E-state index contributed by atoms with van der Waals surface area (Å²) in [5.74, 6) is 0. The van der Waals surface area contributed by atoms with E-state index in [1.54, 1.807) is 29.4 Å². The Labute approximate surface area is 114 Å². The Morgan fingerprint density at radius 1 is 1.11 bits per heavy atom. The quantitative estimate of drug-likeness (QED) is 0.644. The molecule has 0 aliphatic heterocycles. The van der Waals surface area contributed by atoms with Gasteiger partial charge in [-0.05, 0) is 42.5 Å². The van der Waals surface area contributed by atoms with E-state index in [1.807, 2.05) is 0 Å². The van der Waals surface area contributed by atoms with Gasteiger partial charge in [0.15, 0.2) is 0 Å². The van der Waals surface area contributed by atoms with Gasteiger partial charge in [-0.2, -0.15) is 0 Å². The molecule has 0 saturated carbocycles. The van der Waals surface area contributed by atoms with Crippen LogP contribution in [0, 0.1) is 13.8 Å². The van der Waals surface area contributed by atoms with Crippen LogP contribution in [-0.2, 0) is 0 Å². The Morgan fingerprint density at radius 2 is 2.00 bits per heavy atom. The van der Waals surface area contributed by atoms with Crippen molar-refractivity contribution >= 4 is 33.3 Å². The zero-order chi connectivity index (χ0) is 12.5. The number of hydrogen-bond acceptors (Lipinski definition) is 4. The van der Waals surface area contributed by atoms with E-state index in [0.29, 0.717) is 0 Å². The SMILES string of the molecule is Cc1ccc(C)c(Sc2ncnc3sccc23)c1. The Morgan fingerprint density at radius 3 is 2.89 bits per heavy atom. The van der Waals surface area contributed by atoms with Crippen molar-refractivity contribution in [2.45, 2.75) is 23.8 Å². The first-order valence-corrected chi connectivity index (χ1v) is 7.37. The van der Waals surface area contributed by atoms with E-state index in [0.717, 1.165) is 15.2 Å². The number of aryl methyl sites for hydroxylation is 2. The van der Waals surface area contributed by atoms with Crippen molar-refractivity contribution in [1.29, 1.82) is 0 Å². The third kappa shape index (κ3) is 2.13. The molecular weight excluding hydrogens is 260 g/mol. The number of nitrogens with zero attached hydrogens (tertiary/aromatic N) is 2. The van der Waals surface area contributed by atoms with Crippen LogP contribution >= 0.6 is 23.1 Å². The van der Waals surface area contributed by atoms with Crippen LogP contribution < -0.4 is 0 Å². The highest BCUT2D eigenvalue weighted by molar-refractivity contribution is 7.99. The van der Waals surface area contributed by atoms with E-state index in [1.165, 1.54) is 16.0 Å². The summed E-state index contributed by atoms with van der Waals surface area (Å²) in [7, 11) is 0. The summed E-state index contributed by atoms with van der Waals surface area (Å²) in [6, 6.07) is 8.59. The molecule has 0 aliphatic rings. The highest BCUT2D eigenvalue weighted by Gasteiger charge is 2.08. The van der Waals surface area contributed by atoms with Crippen LogP contribution in [0.25, 0.3) is 10.2 Å². The molecule has 0 radical (unpaired) electrons. The molecule has 0 N–H and O–H groups in total. The zero-order valence-electron chi connectivity index (χ0n) is 10.2. The van der Waals surface area contributed by atoms with Crippen LogP contribution in [0.5, 0.6) is 0 Å². The summed E-state index contributed by atoms with van der Waals surface area (Å²) < 4.78 is 0. The van der Waals surface area contributed by atoms with E-state index in [2.05, 4.69) is 53.5 Å². The first-order valence-electron chi connectivity index (χ1n) is 5.67. The summed E-state index contributed by atoms with van der Waals surface area (Å²) in [4.78, 5) is 11.0. The third-order valence-corrected chi connectivity index (χ3v) is 4.77. The molecule has 0 unspecified atom stereocenters. The van der Waals surface area contributed by atoms with Crippen LogP contribution in [0.15, 0.2) is 45.9 Å². The highest BCUT2D eigenvalue weighted by Crippen LogP contribution is 2.34. The molecule has 3 rings (SSSR count). The second-order valence-corrected chi connectivity index (χ2v) is 6.11. The summed E-state index contributed by atoms with van der Waals surface area (Å²) in [5.41, 5.74) is 2.56. The van der Waals surface area contributed by atoms with Crippen LogP contribution in [0.1, 0.15) is 11.1 Å². The van der Waals surface area contributed by atoms with Crippen LogP contribution in [0.3, 0.4) is 0 Å². The normalized spacial score (nSPS) is 11.0. The summed E-state index contributed by atoms with van der Waals surface area (Å²) in [6.45, 7) is 4.25. The molecule has 2 heterocycles. The first kappa shape index (κ1) is 11.7. The van der Waals surface area contributed by atoms with Crippen molar-refractivity contribution in [3.05, 3.63) is 47.1 Å². The van der Waals surface area contributed by atoms with Gasteiger partial charge in [-0.3, -0.25) is 0 Å². The number of fused-ring (bicyclic) bond motifs is 1. The molecule has 3 aromatic rings. The average molecular weight is 272 g/mol. The largest absolute Gasteiger partial charge is 0.229 e. The van der Waals surface area contributed by atoms with Gasteiger partial charge in [0.1, 0.15) is 16.2 Å². The topological polar surface area (TPSA) is 25.8 Å². The first-order chi connectivity index (χ1) is 8.74. The lowest BCUT2D eigenvalue weighted by atomic mass is 10.2. The second-order valence-electron chi connectivity index (χ2n) is 4.19. The minimum absolute atomic E-state index is 1.04. The van der Waals surface area contributed by atoms with Gasteiger partial charge in [-0.15, -0.1) is 11.3 Å². The number of aromatic nitrogens is 2. The maximum absolute atomic E-state index is 4.40. The van der Waals surface area contributed by atoms with Gasteiger partial charge in [0, 0.05) is 10.3 Å². The Hall–Kier alpha value is -1.39. The van der Waals surface area contributed by atoms with E-state index < -0.39 is 0 Å². The lowest BCUT2D eigenvalue weighted by molar-refractivity contribution is 1.10. The molecule has 0 bridgehead atoms. The molecule has 0 aliphatic carbocycles. The van der Waals surface area contributed by atoms with Gasteiger partial charge >= 0.3 is 0 Å². The fourth-order valence-corrected chi connectivity index (χ4v) is 3.62. The molecule has 0 fully saturated rings. The second kappa shape index (κ2) is 4.71. The summed E-state index contributed by atoms with van der Waals surface area (Å²) >= 11 is 3.37. The Bertz CT molecular complexity index is 704. The van der Waals surface area contributed by atoms with Gasteiger partial charge in [0.2, 0.25) is 0 Å². The fraction of sp³-hybridized carbons (Fsp3) is 0.143. The van der Waals surface area contributed by atoms with Crippen LogP contribution in [-0.4, -0.2) is 9.97 Å². The van der Waals surface area contributed by atoms with Crippen LogP contribution in [0.2, 0.25) is 0 Å². The molecule has 0 atom stereocenters. The minimum Gasteiger partial charge on any atom is -0.229 e. The number of thiophene rings is 1. The van der Waals surface area contributed by atoms with Gasteiger partial charge in [-0.1, -0.05) is 23.9 Å². The van der Waals surface area contributed by atoms with E-state index in [9.17, 15) is 0 Å². The minimum atomic E-state index is 1.04. The monoisotopic (exact) mass is 272 g/mol. The zero-order valence-corrected chi connectivity index (χ0v) is 11.8. The fourth-order valence-electron chi connectivity index (χ4n) is 1.77. The standard InChI is InChI=1S/C14H12N2S2/c1-9-3-4-10(2)12(7-9)18-14-11-5-6-17-13(11)15-8-16-14/h3-8H,1-2H3. The molecular formula is C14H12N2S2. The molecule has 0 spiro atoms. The van der Waals surface area contributed by atoms with Crippen molar-refractivity contribution in [2.75, 3.05) is 0 Å². The van der Waals surface area contributed by atoms with E-state index in [-0.39, 0.29) is 0 Å². The van der Waals surface area contributed by atoms with Crippen molar-refractivity contribution in [3.8, 4) is 0 Å².